The first-order valence-electron chi connectivity index (χ1n) is 8.81. The third-order valence-electron chi connectivity index (χ3n) is 5.85. The van der Waals surface area contributed by atoms with Gasteiger partial charge >= 0.3 is 11.9 Å². The number of esters is 2. The first-order chi connectivity index (χ1) is 11.3. The van der Waals surface area contributed by atoms with Crippen LogP contribution in [0.15, 0.2) is 30.3 Å². The Kier molecular flexibility index (Phi) is 4.41. The summed E-state index contributed by atoms with van der Waals surface area (Å²) in [6, 6.07) is 9.10. The highest BCUT2D eigenvalue weighted by atomic mass is 16.6. The van der Waals surface area contributed by atoms with Crippen molar-refractivity contribution < 1.29 is 19.1 Å². The van der Waals surface area contributed by atoms with E-state index in [1.807, 2.05) is 25.1 Å². The fourth-order valence-electron chi connectivity index (χ4n) is 4.52. The molecule has 1 aliphatic heterocycles. The fraction of sp³-hybridized carbons (Fsp3) is 0.600. The SMILES string of the molecule is CC1(C)[C@H]2CCCC(=O)O[C@]2(C)CC[C@H]1OC(=O)c1ccccc1. The number of ether oxygens (including phenoxy) is 2. The lowest BCUT2D eigenvalue weighted by Crippen LogP contribution is -2.55. The van der Waals surface area contributed by atoms with E-state index in [-0.39, 0.29) is 29.4 Å². The predicted octanol–water partition coefficient (Wildman–Crippen LogP) is 4.13. The highest BCUT2D eigenvalue weighted by Gasteiger charge is 2.55. The van der Waals surface area contributed by atoms with Gasteiger partial charge in [-0.1, -0.05) is 32.0 Å². The van der Waals surface area contributed by atoms with E-state index in [1.54, 1.807) is 12.1 Å². The molecule has 3 atom stereocenters. The summed E-state index contributed by atoms with van der Waals surface area (Å²) in [5.41, 5.74) is -0.108. The predicted molar refractivity (Wildman–Crippen MR) is 90.5 cm³/mol. The molecule has 130 valence electrons. The van der Waals surface area contributed by atoms with Crippen LogP contribution >= 0.6 is 0 Å². The molecule has 4 nitrogen and oxygen atoms in total. The van der Waals surface area contributed by atoms with Gasteiger partial charge in [-0.2, -0.15) is 0 Å². The quantitative estimate of drug-likeness (QED) is 0.765. The smallest absolute Gasteiger partial charge is 0.338 e. The van der Waals surface area contributed by atoms with Crippen molar-refractivity contribution in [1.82, 2.24) is 0 Å². The van der Waals surface area contributed by atoms with E-state index >= 15 is 0 Å². The maximum Gasteiger partial charge on any atom is 0.338 e. The van der Waals surface area contributed by atoms with Gasteiger partial charge in [0.25, 0.3) is 0 Å². The second-order valence-electron chi connectivity index (χ2n) is 7.85. The molecular weight excluding hydrogens is 304 g/mol. The van der Waals surface area contributed by atoms with Crippen molar-refractivity contribution in [3.05, 3.63) is 35.9 Å². The minimum absolute atomic E-state index is 0.101. The molecule has 1 saturated heterocycles. The van der Waals surface area contributed by atoms with Gasteiger partial charge in [0.2, 0.25) is 0 Å². The van der Waals surface area contributed by atoms with Gasteiger partial charge in [-0.05, 0) is 44.7 Å². The average molecular weight is 330 g/mol. The largest absolute Gasteiger partial charge is 0.459 e. The van der Waals surface area contributed by atoms with Crippen molar-refractivity contribution >= 4 is 11.9 Å². The maximum atomic E-state index is 12.5. The topological polar surface area (TPSA) is 52.6 Å². The normalized spacial score (nSPS) is 32.2. The molecule has 0 amide bonds. The van der Waals surface area contributed by atoms with Gasteiger partial charge in [0.15, 0.2) is 0 Å². The van der Waals surface area contributed by atoms with Crippen LogP contribution in [0.2, 0.25) is 0 Å². The highest BCUT2D eigenvalue weighted by molar-refractivity contribution is 5.89. The molecule has 24 heavy (non-hydrogen) atoms. The van der Waals surface area contributed by atoms with E-state index in [9.17, 15) is 9.59 Å². The molecule has 1 aromatic rings. The zero-order valence-electron chi connectivity index (χ0n) is 14.7. The van der Waals surface area contributed by atoms with Crippen LogP contribution in [0.1, 0.15) is 63.2 Å². The number of hydrogen-bond acceptors (Lipinski definition) is 4. The molecular formula is C20H26O4. The lowest BCUT2D eigenvalue weighted by Gasteiger charge is -2.52. The van der Waals surface area contributed by atoms with E-state index in [0.29, 0.717) is 18.4 Å². The zero-order valence-corrected chi connectivity index (χ0v) is 14.7. The molecule has 1 saturated carbocycles. The lowest BCUT2D eigenvalue weighted by molar-refractivity contribution is -0.185. The molecule has 0 unspecified atom stereocenters. The monoisotopic (exact) mass is 330 g/mol. The second-order valence-corrected chi connectivity index (χ2v) is 7.85. The Morgan fingerprint density at radius 2 is 1.88 bits per heavy atom. The van der Waals surface area contributed by atoms with Gasteiger partial charge in [-0.3, -0.25) is 4.79 Å². The molecule has 4 heteroatoms. The zero-order chi connectivity index (χ0) is 17.4. The summed E-state index contributed by atoms with van der Waals surface area (Å²) in [6.07, 6.45) is 3.53. The Labute approximate surface area is 143 Å². The highest BCUT2D eigenvalue weighted by Crippen LogP contribution is 2.52. The van der Waals surface area contributed by atoms with Gasteiger partial charge in [0.1, 0.15) is 11.7 Å². The van der Waals surface area contributed by atoms with E-state index in [0.717, 1.165) is 19.3 Å². The number of hydrogen-bond donors (Lipinski definition) is 0. The van der Waals surface area contributed by atoms with Crippen LogP contribution in [-0.4, -0.2) is 23.6 Å². The number of benzene rings is 1. The van der Waals surface area contributed by atoms with Crippen LogP contribution in [0.25, 0.3) is 0 Å². The molecule has 0 N–H and O–H groups in total. The molecule has 1 aliphatic carbocycles. The van der Waals surface area contributed by atoms with Gasteiger partial charge in [-0.15, -0.1) is 0 Å². The maximum absolute atomic E-state index is 12.5. The van der Waals surface area contributed by atoms with Crippen molar-refractivity contribution in [3.8, 4) is 0 Å². The standard InChI is InChI=1S/C20H26O4/c1-19(2)15-10-7-11-17(21)24-20(15,3)13-12-16(19)23-18(22)14-8-5-4-6-9-14/h4-6,8-9,15-16H,7,10-13H2,1-3H3/t15-,16-,20-/m1/s1. The van der Waals surface area contributed by atoms with E-state index in [4.69, 9.17) is 9.47 Å². The van der Waals surface area contributed by atoms with Crippen molar-refractivity contribution in [2.24, 2.45) is 11.3 Å². The summed E-state index contributed by atoms with van der Waals surface area (Å²) in [4.78, 5) is 24.3. The minimum Gasteiger partial charge on any atom is -0.459 e. The van der Waals surface area contributed by atoms with Crippen LogP contribution in [0.4, 0.5) is 0 Å². The summed E-state index contributed by atoms with van der Waals surface area (Å²) in [5, 5.41) is 0. The van der Waals surface area contributed by atoms with Gasteiger partial charge in [0.05, 0.1) is 5.56 Å². The van der Waals surface area contributed by atoms with Crippen LogP contribution in [0.3, 0.4) is 0 Å². The minimum atomic E-state index is -0.452. The van der Waals surface area contributed by atoms with Gasteiger partial charge in [-0.25, -0.2) is 4.79 Å². The molecule has 0 bridgehead atoms. The summed E-state index contributed by atoms with van der Waals surface area (Å²) in [6.45, 7) is 6.31. The van der Waals surface area contributed by atoms with E-state index in [1.165, 1.54) is 0 Å². The van der Waals surface area contributed by atoms with Gasteiger partial charge in [0, 0.05) is 17.8 Å². The average Bonchev–Trinajstić information content (AvgIpc) is 2.69. The number of fused-ring (bicyclic) bond motifs is 1. The Bertz CT molecular complexity index is 622. The first kappa shape index (κ1) is 17.0. The van der Waals surface area contributed by atoms with Crippen molar-refractivity contribution in [2.45, 2.75) is 64.6 Å². The van der Waals surface area contributed by atoms with Crippen molar-refractivity contribution in [1.29, 1.82) is 0 Å². The van der Waals surface area contributed by atoms with Crippen LogP contribution in [0.5, 0.6) is 0 Å². The molecule has 1 aromatic carbocycles. The summed E-state index contributed by atoms with van der Waals surface area (Å²) < 4.78 is 11.7. The van der Waals surface area contributed by atoms with Gasteiger partial charge < -0.3 is 9.47 Å². The fourth-order valence-corrected chi connectivity index (χ4v) is 4.52. The molecule has 0 spiro atoms. The van der Waals surface area contributed by atoms with Crippen molar-refractivity contribution in [2.75, 3.05) is 0 Å². The second kappa shape index (κ2) is 6.23. The summed E-state index contributed by atoms with van der Waals surface area (Å²) in [5.74, 6) is -0.183. The lowest BCUT2D eigenvalue weighted by atomic mass is 9.59. The third-order valence-corrected chi connectivity index (χ3v) is 5.85. The molecule has 0 radical (unpaired) electrons. The number of rotatable bonds is 2. The van der Waals surface area contributed by atoms with E-state index < -0.39 is 5.60 Å². The Morgan fingerprint density at radius 3 is 2.58 bits per heavy atom. The molecule has 2 aliphatic rings. The van der Waals surface area contributed by atoms with Crippen LogP contribution < -0.4 is 0 Å². The molecule has 1 heterocycles. The first-order valence-corrected chi connectivity index (χ1v) is 8.81. The summed E-state index contributed by atoms with van der Waals surface area (Å²) >= 11 is 0. The molecule has 0 aromatic heterocycles. The number of carbonyl (C=O) groups excluding carboxylic acids is 2. The van der Waals surface area contributed by atoms with E-state index in [2.05, 4.69) is 13.8 Å². The molecule has 3 rings (SSSR count). The third kappa shape index (κ3) is 3.06. The Hall–Kier alpha value is -1.84. The van der Waals surface area contributed by atoms with Crippen LogP contribution in [-0.2, 0) is 14.3 Å². The van der Waals surface area contributed by atoms with Crippen molar-refractivity contribution in [3.63, 3.8) is 0 Å². The summed E-state index contributed by atoms with van der Waals surface area (Å²) in [7, 11) is 0. The molecule has 2 fully saturated rings. The Balaban J connectivity index is 1.79. The Morgan fingerprint density at radius 1 is 1.17 bits per heavy atom. The van der Waals surface area contributed by atoms with Crippen LogP contribution in [0, 0.1) is 11.3 Å². The number of carbonyl (C=O) groups is 2.